The molecule has 22 heavy (non-hydrogen) atoms. The Morgan fingerprint density at radius 3 is 2.27 bits per heavy atom. The summed E-state index contributed by atoms with van der Waals surface area (Å²) in [7, 11) is 0. The van der Waals surface area contributed by atoms with Crippen molar-refractivity contribution in [3.05, 3.63) is 60.2 Å². The van der Waals surface area contributed by atoms with E-state index in [1.807, 2.05) is 0 Å². The largest absolute Gasteiger partial charge is 0.327 e. The van der Waals surface area contributed by atoms with Crippen LogP contribution >= 0.6 is 12.4 Å². The molecule has 3 rings (SSSR count). The van der Waals surface area contributed by atoms with Gasteiger partial charge in [-0.3, -0.25) is 4.90 Å². The van der Waals surface area contributed by atoms with Crippen LogP contribution in [0.1, 0.15) is 18.9 Å². The van der Waals surface area contributed by atoms with Gasteiger partial charge in [-0.25, -0.2) is 0 Å². The third-order valence-electron chi connectivity index (χ3n) is 4.52. The molecule has 118 valence electrons. The number of piperidine rings is 1. The lowest BCUT2D eigenvalue weighted by Gasteiger charge is -2.35. The molecule has 2 nitrogen and oxygen atoms in total. The van der Waals surface area contributed by atoms with Crippen molar-refractivity contribution in [2.24, 2.45) is 11.7 Å². The highest BCUT2D eigenvalue weighted by Gasteiger charge is 2.22. The lowest BCUT2D eigenvalue weighted by atomic mass is 9.94. The Morgan fingerprint density at radius 2 is 1.64 bits per heavy atom. The minimum Gasteiger partial charge on any atom is -0.327 e. The second kappa shape index (κ2) is 7.77. The lowest BCUT2D eigenvalue weighted by Crippen LogP contribution is -2.45. The number of hydrogen-bond acceptors (Lipinski definition) is 2. The molecule has 2 aromatic carbocycles. The predicted octanol–water partition coefficient (Wildman–Crippen LogP) is 3.94. The Kier molecular flexibility index (Phi) is 6.01. The summed E-state index contributed by atoms with van der Waals surface area (Å²) in [6.07, 6.45) is 1.11. The predicted molar refractivity (Wildman–Crippen MR) is 96.2 cm³/mol. The Hall–Kier alpha value is -1.35. The quantitative estimate of drug-likeness (QED) is 0.929. The standard InChI is InChI=1S/C19H24N2.ClH/c1-15-13-21(12-11-19(15)20)14-16-7-9-18(10-8-16)17-5-3-2-4-6-17;/h2-10,15,19H,11-14,20H2,1H3;1H. The van der Waals surface area contributed by atoms with Gasteiger partial charge in [-0.1, -0.05) is 61.5 Å². The van der Waals surface area contributed by atoms with E-state index in [-0.39, 0.29) is 12.4 Å². The van der Waals surface area contributed by atoms with Gasteiger partial charge >= 0.3 is 0 Å². The molecule has 2 unspecified atom stereocenters. The van der Waals surface area contributed by atoms with Crippen LogP contribution in [0.2, 0.25) is 0 Å². The molecule has 0 radical (unpaired) electrons. The first kappa shape index (κ1) is 17.0. The summed E-state index contributed by atoms with van der Waals surface area (Å²) in [6, 6.07) is 19.9. The first-order valence-electron chi connectivity index (χ1n) is 7.84. The second-order valence-corrected chi connectivity index (χ2v) is 6.23. The fraction of sp³-hybridized carbons (Fsp3) is 0.368. The number of rotatable bonds is 3. The van der Waals surface area contributed by atoms with Crippen molar-refractivity contribution in [1.82, 2.24) is 4.90 Å². The molecule has 1 saturated heterocycles. The first-order valence-corrected chi connectivity index (χ1v) is 7.84. The molecule has 1 heterocycles. The molecule has 2 N–H and O–H groups in total. The van der Waals surface area contributed by atoms with Crippen molar-refractivity contribution in [3.63, 3.8) is 0 Å². The van der Waals surface area contributed by atoms with Gasteiger partial charge in [0.15, 0.2) is 0 Å². The zero-order valence-corrected chi connectivity index (χ0v) is 13.9. The molecular weight excluding hydrogens is 292 g/mol. The molecule has 0 spiro atoms. The molecular formula is C19H25ClN2. The molecule has 1 aliphatic rings. The number of benzene rings is 2. The van der Waals surface area contributed by atoms with E-state index in [1.165, 1.54) is 16.7 Å². The highest BCUT2D eigenvalue weighted by molar-refractivity contribution is 5.85. The number of nitrogens with zero attached hydrogens (tertiary/aromatic N) is 1. The van der Waals surface area contributed by atoms with Gasteiger partial charge in [-0.15, -0.1) is 12.4 Å². The van der Waals surface area contributed by atoms with Gasteiger partial charge in [-0.2, -0.15) is 0 Å². The number of likely N-dealkylation sites (tertiary alicyclic amines) is 1. The molecule has 0 aromatic heterocycles. The van der Waals surface area contributed by atoms with E-state index in [2.05, 4.69) is 66.4 Å². The fourth-order valence-corrected chi connectivity index (χ4v) is 3.09. The van der Waals surface area contributed by atoms with E-state index in [9.17, 15) is 0 Å². The third-order valence-corrected chi connectivity index (χ3v) is 4.52. The van der Waals surface area contributed by atoms with E-state index < -0.39 is 0 Å². The van der Waals surface area contributed by atoms with Crippen LogP contribution < -0.4 is 5.73 Å². The van der Waals surface area contributed by atoms with E-state index in [0.29, 0.717) is 12.0 Å². The molecule has 0 saturated carbocycles. The Balaban J connectivity index is 0.00000176. The normalized spacial score (nSPS) is 22.1. The molecule has 3 heteroatoms. The first-order chi connectivity index (χ1) is 10.2. The van der Waals surface area contributed by atoms with Crippen molar-refractivity contribution in [2.75, 3.05) is 13.1 Å². The van der Waals surface area contributed by atoms with E-state index >= 15 is 0 Å². The van der Waals surface area contributed by atoms with Crippen molar-refractivity contribution in [1.29, 1.82) is 0 Å². The van der Waals surface area contributed by atoms with Gasteiger partial charge < -0.3 is 5.73 Å². The average molecular weight is 317 g/mol. The van der Waals surface area contributed by atoms with Gasteiger partial charge in [0.2, 0.25) is 0 Å². The lowest BCUT2D eigenvalue weighted by molar-refractivity contribution is 0.158. The molecule has 0 bridgehead atoms. The van der Waals surface area contributed by atoms with Crippen molar-refractivity contribution < 1.29 is 0 Å². The van der Waals surface area contributed by atoms with Gasteiger partial charge in [0.1, 0.15) is 0 Å². The van der Waals surface area contributed by atoms with E-state index in [0.717, 1.165) is 26.1 Å². The van der Waals surface area contributed by atoms with Crippen LogP contribution in [0.25, 0.3) is 11.1 Å². The Bertz CT molecular complexity index is 568. The van der Waals surface area contributed by atoms with E-state index in [4.69, 9.17) is 5.73 Å². The average Bonchev–Trinajstić information content (AvgIpc) is 2.53. The summed E-state index contributed by atoms with van der Waals surface area (Å²) in [5.41, 5.74) is 10.0. The molecule has 0 aliphatic carbocycles. The number of nitrogens with two attached hydrogens (primary N) is 1. The second-order valence-electron chi connectivity index (χ2n) is 6.23. The van der Waals surface area contributed by atoms with Crippen LogP contribution in [0.4, 0.5) is 0 Å². The Morgan fingerprint density at radius 1 is 1.00 bits per heavy atom. The van der Waals surface area contributed by atoms with Crippen molar-refractivity contribution in [3.8, 4) is 11.1 Å². The van der Waals surface area contributed by atoms with Gasteiger partial charge in [0.25, 0.3) is 0 Å². The van der Waals surface area contributed by atoms with Crippen LogP contribution in [-0.2, 0) is 6.54 Å². The summed E-state index contributed by atoms with van der Waals surface area (Å²) in [5, 5.41) is 0. The SMILES string of the molecule is CC1CN(Cc2ccc(-c3ccccc3)cc2)CCC1N.Cl. The van der Waals surface area contributed by atoms with Crippen LogP contribution in [-0.4, -0.2) is 24.0 Å². The topological polar surface area (TPSA) is 29.3 Å². The van der Waals surface area contributed by atoms with Crippen molar-refractivity contribution >= 4 is 12.4 Å². The van der Waals surface area contributed by atoms with Crippen LogP contribution in [0.5, 0.6) is 0 Å². The van der Waals surface area contributed by atoms with Gasteiger partial charge in [0.05, 0.1) is 0 Å². The Labute approximate surface area is 139 Å². The third kappa shape index (κ3) is 4.10. The molecule has 1 aliphatic heterocycles. The summed E-state index contributed by atoms with van der Waals surface area (Å²) in [5.74, 6) is 0.599. The summed E-state index contributed by atoms with van der Waals surface area (Å²) in [6.45, 7) is 5.52. The smallest absolute Gasteiger partial charge is 0.0233 e. The maximum atomic E-state index is 6.09. The molecule has 2 atom stereocenters. The fourth-order valence-electron chi connectivity index (χ4n) is 3.09. The highest BCUT2D eigenvalue weighted by atomic mass is 35.5. The summed E-state index contributed by atoms with van der Waals surface area (Å²) >= 11 is 0. The minimum absolute atomic E-state index is 0. The maximum Gasteiger partial charge on any atom is 0.0233 e. The molecule has 0 amide bonds. The molecule has 1 fully saturated rings. The summed E-state index contributed by atoms with van der Waals surface area (Å²) < 4.78 is 0. The van der Waals surface area contributed by atoms with Crippen LogP contribution in [0, 0.1) is 5.92 Å². The number of halogens is 1. The zero-order valence-electron chi connectivity index (χ0n) is 13.1. The van der Waals surface area contributed by atoms with Gasteiger partial charge in [0, 0.05) is 19.1 Å². The van der Waals surface area contributed by atoms with Crippen LogP contribution in [0.3, 0.4) is 0 Å². The van der Waals surface area contributed by atoms with Gasteiger partial charge in [-0.05, 0) is 35.6 Å². The van der Waals surface area contributed by atoms with Crippen molar-refractivity contribution in [2.45, 2.75) is 25.9 Å². The minimum atomic E-state index is 0. The zero-order chi connectivity index (χ0) is 14.7. The highest BCUT2D eigenvalue weighted by Crippen LogP contribution is 2.21. The summed E-state index contributed by atoms with van der Waals surface area (Å²) in [4.78, 5) is 2.52. The van der Waals surface area contributed by atoms with Crippen LogP contribution in [0.15, 0.2) is 54.6 Å². The monoisotopic (exact) mass is 316 g/mol. The number of hydrogen-bond donors (Lipinski definition) is 1. The van der Waals surface area contributed by atoms with E-state index in [1.54, 1.807) is 0 Å². The molecule has 2 aromatic rings. The maximum absolute atomic E-state index is 6.09.